The highest BCUT2D eigenvalue weighted by Crippen LogP contribution is 2.29. The minimum Gasteiger partial charge on any atom is -0.326 e. The zero-order valence-corrected chi connectivity index (χ0v) is 18.3. The molecule has 1 saturated heterocycles. The number of hydrogen-bond acceptors (Lipinski definition) is 6. The molecule has 0 aliphatic carbocycles. The van der Waals surface area contributed by atoms with E-state index in [0.717, 1.165) is 55.2 Å². The molecular formula is C26H28N6. The third-order valence-electron chi connectivity index (χ3n) is 5.64. The van der Waals surface area contributed by atoms with Crippen molar-refractivity contribution in [2.45, 2.75) is 19.5 Å². The molecule has 0 bridgehead atoms. The van der Waals surface area contributed by atoms with Gasteiger partial charge in [-0.15, -0.1) is 0 Å². The summed E-state index contributed by atoms with van der Waals surface area (Å²) in [5.74, 6) is 1.74. The molecule has 0 aromatic heterocycles. The number of fused-ring (bicyclic) bond motifs is 1. The van der Waals surface area contributed by atoms with Crippen LogP contribution in [0.25, 0.3) is 0 Å². The van der Waals surface area contributed by atoms with Crippen LogP contribution in [-0.4, -0.2) is 41.6 Å². The molecule has 3 aromatic carbocycles. The number of hydrogen-bond donors (Lipinski definition) is 1. The number of anilines is 2. The molecule has 0 spiro atoms. The summed E-state index contributed by atoms with van der Waals surface area (Å²) < 4.78 is 0. The van der Waals surface area contributed by atoms with Crippen LogP contribution in [0.3, 0.4) is 0 Å². The van der Waals surface area contributed by atoms with Crippen LogP contribution in [0.15, 0.2) is 101 Å². The first-order valence-corrected chi connectivity index (χ1v) is 11.2. The Bertz CT molecular complexity index is 1080. The summed E-state index contributed by atoms with van der Waals surface area (Å²) in [6.45, 7) is 4.77. The van der Waals surface area contributed by atoms with Gasteiger partial charge in [-0.25, -0.2) is 9.98 Å². The van der Waals surface area contributed by atoms with Crippen molar-refractivity contribution in [3.8, 4) is 0 Å². The first-order chi connectivity index (χ1) is 15.8. The van der Waals surface area contributed by atoms with Crippen LogP contribution in [0.2, 0.25) is 0 Å². The highest BCUT2D eigenvalue weighted by Gasteiger charge is 2.36. The lowest BCUT2D eigenvalue weighted by Crippen LogP contribution is -2.63. The minimum atomic E-state index is -0.294. The third-order valence-corrected chi connectivity index (χ3v) is 5.64. The van der Waals surface area contributed by atoms with Crippen LogP contribution in [0.1, 0.15) is 25.1 Å². The van der Waals surface area contributed by atoms with Gasteiger partial charge in [-0.1, -0.05) is 73.7 Å². The van der Waals surface area contributed by atoms with Crippen LogP contribution in [0, 0.1) is 0 Å². The number of nitrogens with one attached hydrogen (secondary N) is 1. The molecule has 0 unspecified atom stereocenters. The molecule has 162 valence electrons. The quantitative estimate of drug-likeness (QED) is 0.628. The lowest BCUT2D eigenvalue weighted by Gasteiger charge is -2.46. The van der Waals surface area contributed by atoms with E-state index >= 15 is 0 Å². The number of rotatable bonds is 5. The molecular weight excluding hydrogens is 396 g/mol. The van der Waals surface area contributed by atoms with Crippen molar-refractivity contribution >= 4 is 23.3 Å². The molecule has 0 saturated carbocycles. The van der Waals surface area contributed by atoms with Gasteiger partial charge < -0.3 is 5.32 Å². The Morgan fingerprint density at radius 3 is 2.09 bits per heavy atom. The molecule has 32 heavy (non-hydrogen) atoms. The van der Waals surface area contributed by atoms with E-state index < -0.39 is 0 Å². The van der Waals surface area contributed by atoms with E-state index in [-0.39, 0.29) is 6.17 Å². The normalized spacial score (nSPS) is 18.6. The highest BCUT2D eigenvalue weighted by molar-refractivity contribution is 6.12. The van der Waals surface area contributed by atoms with Gasteiger partial charge in [0.2, 0.25) is 11.9 Å². The van der Waals surface area contributed by atoms with Crippen molar-refractivity contribution < 1.29 is 0 Å². The lowest BCUT2D eigenvalue weighted by atomic mass is 10.2. The fraction of sp³-hybridized carbons (Fsp3) is 0.231. The van der Waals surface area contributed by atoms with Crippen LogP contribution < -0.4 is 10.2 Å². The second-order valence-electron chi connectivity index (χ2n) is 8.03. The van der Waals surface area contributed by atoms with Crippen molar-refractivity contribution in [2.24, 2.45) is 9.98 Å². The topological polar surface area (TPSA) is 46.5 Å². The molecule has 0 amide bonds. The highest BCUT2D eigenvalue weighted by atomic mass is 15.6. The fourth-order valence-electron chi connectivity index (χ4n) is 4.13. The Balaban J connectivity index is 1.57. The zero-order valence-electron chi connectivity index (χ0n) is 18.3. The Labute approximate surface area is 189 Å². The van der Waals surface area contributed by atoms with E-state index in [1.54, 1.807) is 0 Å². The van der Waals surface area contributed by atoms with Gasteiger partial charge in [-0.3, -0.25) is 14.7 Å². The van der Waals surface area contributed by atoms with Crippen molar-refractivity contribution in [1.82, 2.24) is 9.80 Å². The number of benzene rings is 3. The Morgan fingerprint density at radius 1 is 0.781 bits per heavy atom. The van der Waals surface area contributed by atoms with E-state index in [9.17, 15) is 0 Å². The van der Waals surface area contributed by atoms with Crippen LogP contribution in [0.4, 0.5) is 11.4 Å². The smallest absolute Gasteiger partial charge is 0.212 e. The summed E-state index contributed by atoms with van der Waals surface area (Å²) in [7, 11) is 0. The molecule has 6 heteroatoms. The summed E-state index contributed by atoms with van der Waals surface area (Å²) in [5, 5.41) is 3.56. The van der Waals surface area contributed by atoms with Crippen molar-refractivity contribution in [2.75, 3.05) is 30.1 Å². The molecule has 1 atom stereocenters. The Kier molecular flexibility index (Phi) is 5.85. The van der Waals surface area contributed by atoms with Crippen LogP contribution >= 0.6 is 0 Å². The van der Waals surface area contributed by atoms with E-state index in [1.807, 2.05) is 42.5 Å². The van der Waals surface area contributed by atoms with Gasteiger partial charge >= 0.3 is 0 Å². The van der Waals surface area contributed by atoms with E-state index in [0.29, 0.717) is 0 Å². The number of nitrogens with zero attached hydrogens (tertiary/aromatic N) is 5. The predicted octanol–water partition coefficient (Wildman–Crippen LogP) is 4.97. The number of para-hydroxylation sites is 2. The van der Waals surface area contributed by atoms with Gasteiger partial charge in [0, 0.05) is 17.9 Å². The monoisotopic (exact) mass is 424 g/mol. The fourth-order valence-corrected chi connectivity index (χ4v) is 4.13. The second kappa shape index (κ2) is 9.24. The van der Waals surface area contributed by atoms with E-state index in [4.69, 9.17) is 9.98 Å². The average Bonchev–Trinajstić information content (AvgIpc) is 2.86. The van der Waals surface area contributed by atoms with E-state index in [1.165, 1.54) is 0 Å². The maximum atomic E-state index is 5.13. The van der Waals surface area contributed by atoms with Gasteiger partial charge in [0.1, 0.15) is 0 Å². The zero-order chi connectivity index (χ0) is 21.8. The SMILES string of the molecule is CCCN1CN2C(Nc3ccccc3)=N[C@H](c3ccccc3)N=C2N(c2ccccc2)C1. The molecule has 5 rings (SSSR count). The minimum absolute atomic E-state index is 0.294. The first-order valence-electron chi connectivity index (χ1n) is 11.2. The summed E-state index contributed by atoms with van der Waals surface area (Å²) in [5.41, 5.74) is 3.22. The van der Waals surface area contributed by atoms with Gasteiger partial charge in [-0.2, -0.15) is 0 Å². The summed E-state index contributed by atoms with van der Waals surface area (Å²) in [6, 6.07) is 31.0. The van der Waals surface area contributed by atoms with Gasteiger partial charge in [0.15, 0.2) is 6.17 Å². The first kappa shape index (κ1) is 20.3. The average molecular weight is 425 g/mol. The van der Waals surface area contributed by atoms with Gasteiger partial charge in [-0.05, 0) is 36.2 Å². The third kappa shape index (κ3) is 4.22. The summed E-state index contributed by atoms with van der Waals surface area (Å²) in [4.78, 5) is 17.1. The number of aliphatic imine (C=N–C) groups is 2. The molecule has 6 nitrogen and oxygen atoms in total. The molecule has 1 fully saturated rings. The molecule has 0 radical (unpaired) electrons. The van der Waals surface area contributed by atoms with Gasteiger partial charge in [0.05, 0.1) is 13.3 Å². The van der Waals surface area contributed by atoms with Crippen molar-refractivity contribution in [3.63, 3.8) is 0 Å². The largest absolute Gasteiger partial charge is 0.326 e. The number of guanidine groups is 2. The maximum Gasteiger partial charge on any atom is 0.212 e. The van der Waals surface area contributed by atoms with Crippen LogP contribution in [-0.2, 0) is 0 Å². The standard InChI is InChI=1S/C26H28N6/c1-2-18-30-19-31(23-16-10-5-11-17-23)26-29-24(21-12-6-3-7-13-21)28-25(32(26)20-30)27-22-14-8-4-9-15-22/h3-17,24H,2,18-20H2,1H3,(H,27,28)/t24-/m0/s1. The second-order valence-corrected chi connectivity index (χ2v) is 8.03. The molecule has 1 N–H and O–H groups in total. The Hall–Kier alpha value is -3.64. The summed E-state index contributed by atoms with van der Waals surface area (Å²) in [6.07, 6.45) is 0.798. The molecule has 3 aromatic rings. The van der Waals surface area contributed by atoms with E-state index in [2.05, 4.69) is 75.5 Å². The van der Waals surface area contributed by atoms with Crippen molar-refractivity contribution in [3.05, 3.63) is 96.6 Å². The maximum absolute atomic E-state index is 5.13. The Morgan fingerprint density at radius 2 is 1.41 bits per heavy atom. The summed E-state index contributed by atoms with van der Waals surface area (Å²) >= 11 is 0. The molecule has 2 heterocycles. The van der Waals surface area contributed by atoms with Crippen molar-refractivity contribution in [1.29, 1.82) is 0 Å². The molecule has 2 aliphatic rings. The molecule has 2 aliphatic heterocycles. The lowest BCUT2D eigenvalue weighted by molar-refractivity contribution is 0.203. The van der Waals surface area contributed by atoms with Crippen LogP contribution in [0.5, 0.6) is 0 Å². The predicted molar refractivity (Wildman–Crippen MR) is 132 cm³/mol. The van der Waals surface area contributed by atoms with Gasteiger partial charge in [0.25, 0.3) is 0 Å².